The highest BCUT2D eigenvalue weighted by Crippen LogP contribution is 2.07. The maximum atomic E-state index is 4.21. The topological polar surface area (TPSA) is 50.7 Å². The van der Waals surface area contributed by atoms with Crippen LogP contribution in [0.1, 0.15) is 0 Å². The second-order valence-electron chi connectivity index (χ2n) is 2.37. The Morgan fingerprint density at radius 3 is 2.58 bits per heavy atom. The van der Waals surface area contributed by atoms with Crippen molar-refractivity contribution in [2.24, 2.45) is 0 Å². The fourth-order valence-electron chi connectivity index (χ4n) is 0.987. The van der Waals surface area contributed by atoms with Gasteiger partial charge in [0.2, 0.25) is 5.95 Å². The van der Waals surface area contributed by atoms with E-state index in [0.717, 1.165) is 11.0 Å². The number of fused-ring (bicyclic) bond motifs is 1. The van der Waals surface area contributed by atoms with Crippen LogP contribution in [0.25, 0.3) is 11.0 Å². The number of rotatable bonds is 1. The number of nitrogens with one attached hydrogen (secondary N) is 1. The summed E-state index contributed by atoms with van der Waals surface area (Å²) in [6, 6.07) is 7.63. The molecule has 0 saturated heterocycles. The standard InChI is InChI=1S/C8H8N4/c1-9-8-10-6-4-2-3-5-7(6)11-12-8/h2-5H,1H3,(H,9,10,12). The fraction of sp³-hybridized carbons (Fsp3) is 0.125. The molecule has 0 aliphatic rings. The summed E-state index contributed by atoms with van der Waals surface area (Å²) >= 11 is 0. The van der Waals surface area contributed by atoms with Crippen molar-refractivity contribution in [1.82, 2.24) is 15.2 Å². The van der Waals surface area contributed by atoms with Gasteiger partial charge in [-0.3, -0.25) is 0 Å². The summed E-state index contributed by atoms with van der Waals surface area (Å²) in [7, 11) is 1.77. The van der Waals surface area contributed by atoms with Crippen LogP contribution in [-0.2, 0) is 0 Å². The van der Waals surface area contributed by atoms with Gasteiger partial charge in [0.1, 0.15) is 5.52 Å². The van der Waals surface area contributed by atoms with E-state index in [-0.39, 0.29) is 0 Å². The van der Waals surface area contributed by atoms with E-state index in [9.17, 15) is 0 Å². The molecule has 0 unspecified atom stereocenters. The minimum atomic E-state index is 0.550. The van der Waals surface area contributed by atoms with Crippen molar-refractivity contribution in [3.8, 4) is 0 Å². The van der Waals surface area contributed by atoms with Crippen molar-refractivity contribution in [2.75, 3.05) is 12.4 Å². The summed E-state index contributed by atoms with van der Waals surface area (Å²) in [5.74, 6) is 0.550. The van der Waals surface area contributed by atoms with Crippen LogP contribution >= 0.6 is 0 Å². The first-order chi connectivity index (χ1) is 5.90. The molecule has 4 nitrogen and oxygen atoms in total. The zero-order chi connectivity index (χ0) is 8.39. The lowest BCUT2D eigenvalue weighted by Crippen LogP contribution is -1.98. The number of nitrogens with zero attached hydrogens (tertiary/aromatic N) is 3. The number of hydrogen-bond donors (Lipinski definition) is 1. The fourth-order valence-corrected chi connectivity index (χ4v) is 0.987. The van der Waals surface area contributed by atoms with Crippen molar-refractivity contribution >= 4 is 17.0 Å². The lowest BCUT2D eigenvalue weighted by Gasteiger charge is -1.97. The van der Waals surface area contributed by atoms with Crippen molar-refractivity contribution in [1.29, 1.82) is 0 Å². The highest BCUT2D eigenvalue weighted by Gasteiger charge is 1.96. The Morgan fingerprint density at radius 1 is 1.08 bits per heavy atom. The van der Waals surface area contributed by atoms with Gasteiger partial charge in [-0.1, -0.05) is 12.1 Å². The third kappa shape index (κ3) is 1.07. The first-order valence-corrected chi connectivity index (χ1v) is 3.67. The Kier molecular flexibility index (Phi) is 1.59. The highest BCUT2D eigenvalue weighted by molar-refractivity contribution is 5.73. The third-order valence-electron chi connectivity index (χ3n) is 1.58. The van der Waals surface area contributed by atoms with Gasteiger partial charge in [-0.25, -0.2) is 4.98 Å². The molecule has 0 bridgehead atoms. The molecule has 0 aliphatic heterocycles. The molecule has 4 heteroatoms. The van der Waals surface area contributed by atoms with Gasteiger partial charge in [0.25, 0.3) is 0 Å². The smallest absolute Gasteiger partial charge is 0.243 e. The number of anilines is 1. The highest BCUT2D eigenvalue weighted by atomic mass is 15.2. The van der Waals surface area contributed by atoms with Crippen molar-refractivity contribution in [3.63, 3.8) is 0 Å². The molecule has 0 fully saturated rings. The molecular formula is C8H8N4. The second kappa shape index (κ2) is 2.73. The average molecular weight is 160 g/mol. The van der Waals surface area contributed by atoms with Gasteiger partial charge in [0, 0.05) is 7.05 Å². The van der Waals surface area contributed by atoms with Gasteiger partial charge in [-0.15, -0.1) is 10.2 Å². The molecule has 2 rings (SSSR count). The number of para-hydroxylation sites is 1. The van der Waals surface area contributed by atoms with Crippen LogP contribution in [0.3, 0.4) is 0 Å². The van der Waals surface area contributed by atoms with Crippen LogP contribution in [0.4, 0.5) is 5.95 Å². The van der Waals surface area contributed by atoms with E-state index in [2.05, 4.69) is 20.5 Å². The molecule has 1 aromatic carbocycles. The van der Waals surface area contributed by atoms with Gasteiger partial charge in [-0.05, 0) is 12.1 Å². The van der Waals surface area contributed by atoms with Gasteiger partial charge in [0.15, 0.2) is 0 Å². The molecule has 0 aliphatic carbocycles. The Bertz CT molecular complexity index is 399. The Balaban J connectivity index is 2.67. The summed E-state index contributed by atoms with van der Waals surface area (Å²) in [6.07, 6.45) is 0. The van der Waals surface area contributed by atoms with Crippen LogP contribution < -0.4 is 5.32 Å². The van der Waals surface area contributed by atoms with Gasteiger partial charge in [-0.2, -0.15) is 0 Å². The molecule has 0 saturated carbocycles. The van der Waals surface area contributed by atoms with Crippen LogP contribution in [0, 0.1) is 0 Å². The monoisotopic (exact) mass is 160 g/mol. The minimum absolute atomic E-state index is 0.550. The summed E-state index contributed by atoms with van der Waals surface area (Å²) in [6.45, 7) is 0. The van der Waals surface area contributed by atoms with E-state index in [1.165, 1.54) is 0 Å². The van der Waals surface area contributed by atoms with Crippen LogP contribution in [0.2, 0.25) is 0 Å². The lowest BCUT2D eigenvalue weighted by atomic mass is 10.3. The van der Waals surface area contributed by atoms with Crippen molar-refractivity contribution in [3.05, 3.63) is 24.3 Å². The summed E-state index contributed by atoms with van der Waals surface area (Å²) < 4.78 is 0. The molecule has 60 valence electrons. The van der Waals surface area contributed by atoms with Gasteiger partial charge < -0.3 is 5.32 Å². The first-order valence-electron chi connectivity index (χ1n) is 3.67. The van der Waals surface area contributed by atoms with Crippen molar-refractivity contribution in [2.45, 2.75) is 0 Å². The van der Waals surface area contributed by atoms with Crippen LogP contribution in [0.15, 0.2) is 24.3 Å². The van der Waals surface area contributed by atoms with E-state index >= 15 is 0 Å². The van der Waals surface area contributed by atoms with Crippen molar-refractivity contribution < 1.29 is 0 Å². The second-order valence-corrected chi connectivity index (χ2v) is 2.37. The van der Waals surface area contributed by atoms with E-state index < -0.39 is 0 Å². The molecule has 0 spiro atoms. The largest absolute Gasteiger partial charge is 0.356 e. The maximum Gasteiger partial charge on any atom is 0.243 e. The molecule has 0 atom stereocenters. The maximum absolute atomic E-state index is 4.21. The van der Waals surface area contributed by atoms with Gasteiger partial charge >= 0.3 is 0 Å². The number of benzene rings is 1. The van der Waals surface area contributed by atoms with E-state index in [1.807, 2.05) is 24.3 Å². The molecule has 1 N–H and O–H groups in total. The summed E-state index contributed by atoms with van der Waals surface area (Å²) in [4.78, 5) is 4.21. The minimum Gasteiger partial charge on any atom is -0.356 e. The third-order valence-corrected chi connectivity index (χ3v) is 1.58. The van der Waals surface area contributed by atoms with Gasteiger partial charge in [0.05, 0.1) is 5.52 Å². The summed E-state index contributed by atoms with van der Waals surface area (Å²) in [5, 5.41) is 10.7. The lowest BCUT2D eigenvalue weighted by molar-refractivity contribution is 1.02. The number of aromatic nitrogens is 3. The molecule has 0 amide bonds. The molecule has 12 heavy (non-hydrogen) atoms. The Hall–Kier alpha value is -1.71. The predicted octanol–water partition coefficient (Wildman–Crippen LogP) is 1.07. The molecule has 1 heterocycles. The van der Waals surface area contributed by atoms with Crippen LogP contribution in [-0.4, -0.2) is 22.2 Å². The first kappa shape index (κ1) is 6.97. The molecular weight excluding hydrogens is 152 g/mol. The van der Waals surface area contributed by atoms with E-state index in [0.29, 0.717) is 5.95 Å². The average Bonchev–Trinajstić information content (AvgIpc) is 2.17. The molecule has 1 aromatic heterocycles. The quantitative estimate of drug-likeness (QED) is 0.677. The SMILES string of the molecule is CNc1nnc2ccccc2n1. The Labute approximate surface area is 69.7 Å². The predicted molar refractivity (Wildman–Crippen MR) is 46.9 cm³/mol. The zero-order valence-electron chi connectivity index (χ0n) is 6.65. The normalized spacial score (nSPS) is 10.1. The molecule has 2 aromatic rings. The Morgan fingerprint density at radius 2 is 1.83 bits per heavy atom. The van der Waals surface area contributed by atoms with Crippen LogP contribution in [0.5, 0.6) is 0 Å². The van der Waals surface area contributed by atoms with E-state index in [4.69, 9.17) is 0 Å². The molecule has 0 radical (unpaired) electrons. The van der Waals surface area contributed by atoms with E-state index in [1.54, 1.807) is 7.05 Å². The summed E-state index contributed by atoms with van der Waals surface area (Å²) in [5.41, 5.74) is 1.67. The number of hydrogen-bond acceptors (Lipinski definition) is 4. The zero-order valence-corrected chi connectivity index (χ0v) is 6.65.